The summed E-state index contributed by atoms with van der Waals surface area (Å²) in [6.07, 6.45) is 5.97. The van der Waals surface area contributed by atoms with E-state index >= 15 is 0 Å². The highest BCUT2D eigenvalue weighted by molar-refractivity contribution is 9.10. The van der Waals surface area contributed by atoms with E-state index in [1.54, 1.807) is 0 Å². The minimum Gasteiger partial charge on any atom is -0.361 e. The third-order valence-corrected chi connectivity index (χ3v) is 8.06. The fourth-order valence-corrected chi connectivity index (χ4v) is 6.03. The molecule has 0 aliphatic heterocycles. The molecule has 5 nitrogen and oxygen atoms in total. The van der Waals surface area contributed by atoms with E-state index in [9.17, 15) is 0 Å². The first-order valence-electron chi connectivity index (χ1n) is 12.9. The highest BCUT2D eigenvalue weighted by Gasteiger charge is 2.16. The Kier molecular flexibility index (Phi) is 4.85. The molecule has 0 unspecified atom stereocenters. The van der Waals surface area contributed by atoms with E-state index in [2.05, 4.69) is 112 Å². The van der Waals surface area contributed by atoms with Crippen LogP contribution in [0.1, 0.15) is 5.56 Å². The normalized spacial score (nSPS) is 12.2. The Morgan fingerprint density at radius 2 is 1.54 bits per heavy atom. The Bertz CT molecular complexity index is 2270. The molecule has 184 valence electrons. The predicted molar refractivity (Wildman–Crippen MR) is 170 cm³/mol. The molecule has 8 rings (SSSR count). The average Bonchev–Trinajstić information content (AvgIpc) is 3.68. The van der Waals surface area contributed by atoms with Crippen LogP contribution in [0.2, 0.25) is 0 Å². The van der Waals surface area contributed by atoms with E-state index < -0.39 is 0 Å². The molecule has 0 spiro atoms. The molecule has 0 radical (unpaired) electrons. The largest absolute Gasteiger partial charge is 0.361 e. The van der Waals surface area contributed by atoms with Crippen molar-refractivity contribution in [1.82, 2.24) is 19.9 Å². The van der Waals surface area contributed by atoms with Gasteiger partial charge in [0.05, 0.1) is 16.7 Å². The number of aromatic amines is 3. The fourth-order valence-electron chi connectivity index (χ4n) is 5.67. The molecule has 3 heterocycles. The number of H-pyrrole nitrogens is 3. The van der Waals surface area contributed by atoms with Gasteiger partial charge in [-0.15, -0.1) is 0 Å². The fraction of sp³-hybridized carbons (Fsp3) is 0. The zero-order chi connectivity index (χ0) is 26.1. The first kappa shape index (κ1) is 22.4. The molecular formula is C32H21BBrN5. The van der Waals surface area contributed by atoms with Crippen molar-refractivity contribution in [1.29, 1.82) is 0 Å². The molecule has 0 saturated heterocycles. The van der Waals surface area contributed by atoms with Gasteiger partial charge in [0.25, 0.3) is 0 Å². The number of hydrogen-bond acceptors (Lipinski definition) is 2. The zero-order valence-corrected chi connectivity index (χ0v) is 22.6. The SMILES string of the molecule is Bc1ccc2[nH]cc(-c3nc4c5ccccc5c5ccc(N=Cc6c[nH]c7ccc(Br)cc67)cc5c4[nH]3)c2c1. The lowest BCUT2D eigenvalue weighted by atomic mass is 9.94. The van der Waals surface area contributed by atoms with Crippen LogP contribution in [-0.4, -0.2) is 34.0 Å². The van der Waals surface area contributed by atoms with Crippen LogP contribution in [0.3, 0.4) is 0 Å². The molecule has 0 saturated carbocycles. The highest BCUT2D eigenvalue weighted by atomic mass is 79.9. The van der Waals surface area contributed by atoms with Gasteiger partial charge in [-0.1, -0.05) is 63.9 Å². The number of aliphatic imine (C=N–C) groups is 1. The summed E-state index contributed by atoms with van der Waals surface area (Å²) >= 11 is 3.58. The highest BCUT2D eigenvalue weighted by Crippen LogP contribution is 2.38. The lowest BCUT2D eigenvalue weighted by Gasteiger charge is -2.07. The molecule has 7 heteroatoms. The van der Waals surface area contributed by atoms with Crippen LogP contribution < -0.4 is 5.46 Å². The van der Waals surface area contributed by atoms with Gasteiger partial charge in [0.15, 0.2) is 0 Å². The van der Waals surface area contributed by atoms with E-state index in [1.807, 2.05) is 24.7 Å². The maximum absolute atomic E-state index is 5.15. The summed E-state index contributed by atoms with van der Waals surface area (Å²) in [6, 6.07) is 27.6. The van der Waals surface area contributed by atoms with E-state index in [4.69, 9.17) is 9.98 Å². The second-order valence-corrected chi connectivity index (χ2v) is 10.9. The quantitative estimate of drug-likeness (QED) is 0.118. The van der Waals surface area contributed by atoms with Gasteiger partial charge in [-0.25, -0.2) is 4.98 Å². The van der Waals surface area contributed by atoms with Crippen LogP contribution in [0.5, 0.6) is 0 Å². The molecule has 39 heavy (non-hydrogen) atoms. The number of nitrogens with one attached hydrogen (secondary N) is 3. The van der Waals surface area contributed by atoms with Crippen molar-refractivity contribution >= 4 is 95.5 Å². The summed E-state index contributed by atoms with van der Waals surface area (Å²) in [6.45, 7) is 0. The molecule has 3 aromatic heterocycles. The van der Waals surface area contributed by atoms with Crippen molar-refractivity contribution in [3.05, 3.63) is 101 Å². The summed E-state index contributed by atoms with van der Waals surface area (Å²) in [5.41, 5.74) is 8.42. The van der Waals surface area contributed by atoms with E-state index in [0.29, 0.717) is 0 Å². The van der Waals surface area contributed by atoms with Gasteiger partial charge in [0, 0.05) is 66.8 Å². The van der Waals surface area contributed by atoms with Crippen LogP contribution >= 0.6 is 15.9 Å². The van der Waals surface area contributed by atoms with Gasteiger partial charge in [0.2, 0.25) is 0 Å². The molecule has 0 aliphatic carbocycles. The molecule has 5 aromatic carbocycles. The van der Waals surface area contributed by atoms with Crippen LogP contribution in [0, 0.1) is 0 Å². The van der Waals surface area contributed by atoms with Crippen molar-refractivity contribution in [3.63, 3.8) is 0 Å². The average molecular weight is 566 g/mol. The van der Waals surface area contributed by atoms with Crippen molar-refractivity contribution < 1.29 is 0 Å². The Balaban J connectivity index is 1.33. The third kappa shape index (κ3) is 3.54. The summed E-state index contributed by atoms with van der Waals surface area (Å²) in [5.74, 6) is 0.859. The van der Waals surface area contributed by atoms with Crippen LogP contribution in [-0.2, 0) is 0 Å². The van der Waals surface area contributed by atoms with Gasteiger partial charge in [-0.05, 0) is 47.2 Å². The smallest absolute Gasteiger partial charge is 0.140 e. The monoisotopic (exact) mass is 565 g/mol. The first-order valence-corrected chi connectivity index (χ1v) is 13.6. The molecular weight excluding hydrogens is 545 g/mol. The van der Waals surface area contributed by atoms with Crippen molar-refractivity contribution in [2.24, 2.45) is 4.99 Å². The molecule has 0 bridgehead atoms. The van der Waals surface area contributed by atoms with Gasteiger partial charge >= 0.3 is 0 Å². The van der Waals surface area contributed by atoms with Gasteiger partial charge in [-0.3, -0.25) is 4.99 Å². The number of halogens is 1. The second kappa shape index (κ2) is 8.45. The van der Waals surface area contributed by atoms with Crippen LogP contribution in [0.15, 0.2) is 101 Å². The zero-order valence-electron chi connectivity index (χ0n) is 21.0. The van der Waals surface area contributed by atoms with Crippen molar-refractivity contribution in [2.45, 2.75) is 0 Å². The Labute approximate surface area is 232 Å². The number of benzene rings is 5. The summed E-state index contributed by atoms with van der Waals surface area (Å²) < 4.78 is 1.05. The lowest BCUT2D eigenvalue weighted by molar-refractivity contribution is 1.34. The topological polar surface area (TPSA) is 72.6 Å². The Hall–Kier alpha value is -4.62. The third-order valence-electron chi connectivity index (χ3n) is 7.57. The molecule has 0 aliphatic rings. The molecule has 0 amide bonds. The summed E-state index contributed by atoms with van der Waals surface area (Å²) in [7, 11) is 2.12. The van der Waals surface area contributed by atoms with Crippen molar-refractivity contribution in [3.8, 4) is 11.4 Å². The van der Waals surface area contributed by atoms with E-state index in [-0.39, 0.29) is 0 Å². The number of hydrogen-bond donors (Lipinski definition) is 3. The Morgan fingerprint density at radius 1 is 0.744 bits per heavy atom. The maximum Gasteiger partial charge on any atom is 0.140 e. The van der Waals surface area contributed by atoms with Crippen LogP contribution in [0.4, 0.5) is 5.69 Å². The van der Waals surface area contributed by atoms with E-state index in [0.717, 1.165) is 65.3 Å². The second-order valence-electron chi connectivity index (χ2n) is 10.0. The number of aromatic nitrogens is 4. The van der Waals surface area contributed by atoms with E-state index in [1.165, 1.54) is 21.6 Å². The molecule has 8 aromatic rings. The van der Waals surface area contributed by atoms with Gasteiger partial charge in [-0.2, -0.15) is 0 Å². The number of imidazole rings is 1. The lowest BCUT2D eigenvalue weighted by Crippen LogP contribution is -1.99. The molecule has 0 atom stereocenters. The minimum absolute atomic E-state index is 0.859. The summed E-state index contributed by atoms with van der Waals surface area (Å²) in [4.78, 5) is 20.4. The number of nitrogens with zero attached hydrogens (tertiary/aromatic N) is 2. The van der Waals surface area contributed by atoms with Crippen LogP contribution in [0.25, 0.3) is 65.8 Å². The molecule has 0 fully saturated rings. The number of fused-ring (bicyclic) bond motifs is 8. The standard InChI is InChI=1S/C32H21BBrN5/c33-18-5-9-29-25(11-18)27(16-37-29)32-38-30-23-4-2-1-3-21(23)22-8-7-20(13-26(22)31(30)39-32)35-14-17-15-36-28-10-6-19(34)12-24(17)28/h1-16,36-37H,33H2,(H,38,39). The predicted octanol–water partition coefficient (Wildman–Crippen LogP) is 7.27. The minimum atomic E-state index is 0.859. The van der Waals surface area contributed by atoms with Gasteiger partial charge in [0.1, 0.15) is 13.7 Å². The van der Waals surface area contributed by atoms with Gasteiger partial charge < -0.3 is 15.0 Å². The summed E-state index contributed by atoms with van der Waals surface area (Å²) in [5, 5.41) is 6.91. The first-order chi connectivity index (χ1) is 19.1. The molecule has 3 N–H and O–H groups in total. The Morgan fingerprint density at radius 3 is 2.46 bits per heavy atom. The van der Waals surface area contributed by atoms with Crippen molar-refractivity contribution in [2.75, 3.05) is 0 Å². The maximum atomic E-state index is 5.15. The number of rotatable bonds is 3.